The quantitative estimate of drug-likeness (QED) is 0.713. The van der Waals surface area contributed by atoms with Gasteiger partial charge < -0.3 is 20.4 Å². The summed E-state index contributed by atoms with van der Waals surface area (Å²) in [5.41, 5.74) is -0.689. The van der Waals surface area contributed by atoms with Crippen LogP contribution in [-0.4, -0.2) is 52.3 Å². The number of amides is 2. The topological polar surface area (TPSA) is 89.9 Å². The van der Waals surface area contributed by atoms with Gasteiger partial charge in [-0.15, -0.1) is 0 Å². The molecule has 0 aromatic rings. The Labute approximate surface area is 113 Å². The third-order valence-electron chi connectivity index (χ3n) is 3.48. The lowest BCUT2D eigenvalue weighted by Gasteiger charge is -2.23. The molecule has 1 aliphatic heterocycles. The number of hydrogen-bond acceptors (Lipinski definition) is 3. The lowest BCUT2D eigenvalue weighted by molar-refractivity contribution is -0.137. The van der Waals surface area contributed by atoms with Crippen molar-refractivity contribution in [3.8, 4) is 0 Å². The molecule has 0 spiro atoms. The number of aliphatic carboxylic acids is 1. The van der Waals surface area contributed by atoms with Gasteiger partial charge in [-0.05, 0) is 32.1 Å². The van der Waals surface area contributed by atoms with E-state index in [1.165, 1.54) is 0 Å². The molecule has 1 saturated heterocycles. The van der Waals surface area contributed by atoms with Crippen molar-refractivity contribution in [2.24, 2.45) is 5.92 Å². The minimum Gasteiger partial charge on any atom is -0.481 e. The molecule has 19 heavy (non-hydrogen) atoms. The molecule has 0 bridgehead atoms. The van der Waals surface area contributed by atoms with Crippen molar-refractivity contribution in [1.82, 2.24) is 10.2 Å². The summed E-state index contributed by atoms with van der Waals surface area (Å²) in [6.07, 6.45) is 2.11. The monoisotopic (exact) mass is 272 g/mol. The van der Waals surface area contributed by atoms with Crippen molar-refractivity contribution < 1.29 is 19.8 Å². The fourth-order valence-corrected chi connectivity index (χ4v) is 2.21. The highest BCUT2D eigenvalue weighted by Gasteiger charge is 2.27. The zero-order chi connectivity index (χ0) is 14.5. The summed E-state index contributed by atoms with van der Waals surface area (Å²) in [5, 5.41) is 21.3. The molecule has 0 aromatic heterocycles. The Morgan fingerprint density at radius 2 is 2.05 bits per heavy atom. The minimum absolute atomic E-state index is 0.0506. The summed E-state index contributed by atoms with van der Waals surface area (Å²) in [6.45, 7) is 5.12. The number of carbonyl (C=O) groups is 2. The van der Waals surface area contributed by atoms with Crippen LogP contribution in [0.3, 0.4) is 0 Å². The van der Waals surface area contributed by atoms with Crippen LogP contribution in [0.15, 0.2) is 0 Å². The van der Waals surface area contributed by atoms with E-state index in [2.05, 4.69) is 5.32 Å². The number of likely N-dealkylation sites (tertiary alicyclic amines) is 1. The molecule has 1 fully saturated rings. The average Bonchev–Trinajstić information content (AvgIpc) is 2.46. The Hall–Kier alpha value is -1.30. The zero-order valence-corrected chi connectivity index (χ0v) is 11.7. The SMILES string of the molecule is CC(CNC(=O)N1CCCC(C)(O)CC1)CC(=O)O. The van der Waals surface area contributed by atoms with Crippen LogP contribution in [0.5, 0.6) is 0 Å². The maximum absolute atomic E-state index is 11.9. The minimum atomic E-state index is -0.854. The first kappa shape index (κ1) is 15.8. The molecule has 0 radical (unpaired) electrons. The Kier molecular flexibility index (Phi) is 5.60. The summed E-state index contributed by atoms with van der Waals surface area (Å²) in [5.74, 6) is -0.941. The summed E-state index contributed by atoms with van der Waals surface area (Å²) < 4.78 is 0. The number of carbonyl (C=O) groups excluding carboxylic acids is 1. The van der Waals surface area contributed by atoms with Crippen LogP contribution < -0.4 is 5.32 Å². The van der Waals surface area contributed by atoms with Crippen molar-refractivity contribution >= 4 is 12.0 Å². The number of carboxylic acids is 1. The van der Waals surface area contributed by atoms with Gasteiger partial charge in [0.1, 0.15) is 0 Å². The second-order valence-corrected chi connectivity index (χ2v) is 5.73. The number of nitrogens with zero attached hydrogens (tertiary/aromatic N) is 1. The lowest BCUT2D eigenvalue weighted by Crippen LogP contribution is -2.42. The van der Waals surface area contributed by atoms with Crippen LogP contribution in [0.25, 0.3) is 0 Å². The molecule has 2 amide bonds. The van der Waals surface area contributed by atoms with Gasteiger partial charge in [-0.3, -0.25) is 4.79 Å². The summed E-state index contributed by atoms with van der Waals surface area (Å²) in [7, 11) is 0. The Morgan fingerprint density at radius 1 is 1.37 bits per heavy atom. The second kappa shape index (κ2) is 6.75. The van der Waals surface area contributed by atoms with Crippen LogP contribution in [0, 0.1) is 5.92 Å². The van der Waals surface area contributed by atoms with Gasteiger partial charge in [0.15, 0.2) is 0 Å². The second-order valence-electron chi connectivity index (χ2n) is 5.73. The maximum Gasteiger partial charge on any atom is 0.317 e. The average molecular weight is 272 g/mol. The van der Waals surface area contributed by atoms with E-state index >= 15 is 0 Å². The molecule has 0 aromatic carbocycles. The Balaban J connectivity index is 2.35. The largest absolute Gasteiger partial charge is 0.481 e. The molecule has 2 unspecified atom stereocenters. The fraction of sp³-hybridized carbons (Fsp3) is 0.846. The third kappa shape index (κ3) is 5.92. The first-order valence-corrected chi connectivity index (χ1v) is 6.77. The molecular formula is C13H24N2O4. The highest BCUT2D eigenvalue weighted by molar-refractivity contribution is 5.74. The number of carboxylic acid groups (broad SMARTS) is 1. The summed E-state index contributed by atoms with van der Waals surface area (Å²) in [4.78, 5) is 24.1. The van der Waals surface area contributed by atoms with E-state index in [0.29, 0.717) is 32.5 Å². The van der Waals surface area contributed by atoms with Gasteiger partial charge in [0.05, 0.1) is 5.60 Å². The van der Waals surface area contributed by atoms with E-state index in [1.54, 1.807) is 18.7 Å². The van der Waals surface area contributed by atoms with E-state index in [4.69, 9.17) is 5.11 Å². The van der Waals surface area contributed by atoms with Gasteiger partial charge in [0, 0.05) is 26.1 Å². The summed E-state index contributed by atoms with van der Waals surface area (Å²) in [6, 6.07) is -0.171. The Bertz CT molecular complexity index is 331. The van der Waals surface area contributed by atoms with Crippen LogP contribution in [0.2, 0.25) is 0 Å². The maximum atomic E-state index is 11.9. The van der Waals surface area contributed by atoms with Crippen LogP contribution >= 0.6 is 0 Å². The zero-order valence-electron chi connectivity index (χ0n) is 11.7. The fourth-order valence-electron chi connectivity index (χ4n) is 2.21. The number of urea groups is 1. The van der Waals surface area contributed by atoms with E-state index in [9.17, 15) is 14.7 Å². The number of rotatable bonds is 4. The van der Waals surface area contributed by atoms with Crippen LogP contribution in [0.4, 0.5) is 4.79 Å². The molecular weight excluding hydrogens is 248 g/mol. The van der Waals surface area contributed by atoms with Gasteiger partial charge in [-0.1, -0.05) is 6.92 Å². The first-order valence-electron chi connectivity index (χ1n) is 6.77. The van der Waals surface area contributed by atoms with Gasteiger partial charge in [0.25, 0.3) is 0 Å². The van der Waals surface area contributed by atoms with Crippen LogP contribution in [-0.2, 0) is 4.79 Å². The van der Waals surface area contributed by atoms with E-state index in [0.717, 1.165) is 6.42 Å². The van der Waals surface area contributed by atoms with E-state index < -0.39 is 11.6 Å². The number of aliphatic hydroxyl groups is 1. The van der Waals surface area contributed by atoms with Gasteiger partial charge in [-0.25, -0.2) is 4.79 Å². The third-order valence-corrected chi connectivity index (χ3v) is 3.48. The Morgan fingerprint density at radius 3 is 2.68 bits per heavy atom. The van der Waals surface area contributed by atoms with Crippen molar-refractivity contribution in [2.75, 3.05) is 19.6 Å². The molecule has 2 atom stereocenters. The molecule has 1 aliphatic rings. The smallest absolute Gasteiger partial charge is 0.317 e. The van der Waals surface area contributed by atoms with Crippen molar-refractivity contribution in [3.63, 3.8) is 0 Å². The predicted molar refractivity (Wildman–Crippen MR) is 70.9 cm³/mol. The first-order chi connectivity index (χ1) is 8.80. The highest BCUT2D eigenvalue weighted by atomic mass is 16.4. The standard InChI is InChI=1S/C13H24N2O4/c1-10(8-11(16)17)9-14-12(18)15-6-3-4-13(2,19)5-7-15/h10,19H,3-9H2,1-2H3,(H,14,18)(H,16,17). The molecule has 3 N–H and O–H groups in total. The van der Waals surface area contributed by atoms with Crippen LogP contribution in [0.1, 0.15) is 39.5 Å². The number of hydrogen-bond donors (Lipinski definition) is 3. The molecule has 0 aliphatic carbocycles. The van der Waals surface area contributed by atoms with Crippen molar-refractivity contribution in [1.29, 1.82) is 0 Å². The van der Waals surface area contributed by atoms with Crippen molar-refractivity contribution in [2.45, 2.75) is 45.1 Å². The molecule has 1 rings (SSSR count). The molecule has 6 heteroatoms. The highest BCUT2D eigenvalue weighted by Crippen LogP contribution is 2.21. The number of nitrogens with one attached hydrogen (secondary N) is 1. The molecule has 0 saturated carbocycles. The molecule has 110 valence electrons. The normalized spacial score (nSPS) is 25.5. The van der Waals surface area contributed by atoms with Crippen molar-refractivity contribution in [3.05, 3.63) is 0 Å². The van der Waals surface area contributed by atoms with Gasteiger partial charge in [-0.2, -0.15) is 0 Å². The van der Waals surface area contributed by atoms with Gasteiger partial charge >= 0.3 is 12.0 Å². The summed E-state index contributed by atoms with van der Waals surface area (Å²) >= 11 is 0. The van der Waals surface area contributed by atoms with Gasteiger partial charge in [0.2, 0.25) is 0 Å². The van der Waals surface area contributed by atoms with E-state index in [1.807, 2.05) is 0 Å². The predicted octanol–water partition coefficient (Wildman–Crippen LogP) is 1.04. The molecule has 6 nitrogen and oxygen atoms in total. The molecule has 1 heterocycles. The van der Waals surface area contributed by atoms with E-state index in [-0.39, 0.29) is 18.4 Å². The lowest BCUT2D eigenvalue weighted by atomic mass is 9.98.